The predicted octanol–water partition coefficient (Wildman–Crippen LogP) is 3.08. The average Bonchev–Trinajstić information content (AvgIpc) is 3.17. The summed E-state index contributed by atoms with van der Waals surface area (Å²) in [5.41, 5.74) is 3.94. The summed E-state index contributed by atoms with van der Waals surface area (Å²) in [6, 6.07) is 15.4. The Hall–Kier alpha value is -2.83. The number of fused-ring (bicyclic) bond motifs is 1. The first-order valence-electron chi connectivity index (χ1n) is 9.52. The predicted molar refractivity (Wildman–Crippen MR) is 105 cm³/mol. The van der Waals surface area contributed by atoms with Crippen molar-refractivity contribution in [2.24, 2.45) is 0 Å². The van der Waals surface area contributed by atoms with E-state index in [2.05, 4.69) is 27.6 Å². The van der Waals surface area contributed by atoms with Crippen molar-refractivity contribution in [1.82, 2.24) is 15.5 Å². The van der Waals surface area contributed by atoms with Crippen LogP contribution in [0.1, 0.15) is 40.2 Å². The molecule has 0 radical (unpaired) electrons. The third-order valence-corrected chi connectivity index (χ3v) is 5.22. The van der Waals surface area contributed by atoms with Crippen LogP contribution >= 0.6 is 0 Å². The highest BCUT2D eigenvalue weighted by Crippen LogP contribution is 2.21. The van der Waals surface area contributed by atoms with E-state index in [0.717, 1.165) is 18.5 Å². The lowest BCUT2D eigenvalue weighted by Crippen LogP contribution is -2.44. The van der Waals surface area contributed by atoms with Crippen molar-refractivity contribution in [1.29, 1.82) is 0 Å². The highest BCUT2D eigenvalue weighted by molar-refractivity contribution is 5.96. The van der Waals surface area contributed by atoms with Gasteiger partial charge in [-0.2, -0.15) is 0 Å². The van der Waals surface area contributed by atoms with Crippen molar-refractivity contribution in [2.45, 2.75) is 44.9 Å². The van der Waals surface area contributed by atoms with Crippen LogP contribution in [0.2, 0.25) is 0 Å². The van der Waals surface area contributed by atoms with E-state index in [-0.39, 0.29) is 11.8 Å². The number of nitrogens with one attached hydrogen (secondary N) is 1. The second kappa shape index (κ2) is 8.04. The molecule has 28 heavy (non-hydrogen) atoms. The van der Waals surface area contributed by atoms with Crippen LogP contribution in [-0.2, 0) is 13.0 Å². The van der Waals surface area contributed by atoms with Gasteiger partial charge < -0.3 is 14.8 Å². The number of aliphatic hydroxyl groups is 1. The summed E-state index contributed by atoms with van der Waals surface area (Å²) in [7, 11) is 0. The number of benzene rings is 2. The molecule has 6 nitrogen and oxygen atoms in total. The fourth-order valence-corrected chi connectivity index (χ4v) is 3.59. The molecule has 2 atom stereocenters. The molecule has 0 aliphatic carbocycles. The van der Waals surface area contributed by atoms with Crippen LogP contribution in [0.25, 0.3) is 11.5 Å². The Morgan fingerprint density at radius 1 is 1.18 bits per heavy atom. The Morgan fingerprint density at radius 3 is 2.64 bits per heavy atom. The van der Waals surface area contributed by atoms with Gasteiger partial charge in [0, 0.05) is 37.1 Å². The number of aryl methyl sites for hydroxylation is 1. The molecule has 0 saturated heterocycles. The maximum absolute atomic E-state index is 12.5. The molecule has 3 aromatic rings. The molecule has 1 aromatic heterocycles. The molecule has 2 N–H and O–H groups in total. The Kier molecular flexibility index (Phi) is 5.32. The summed E-state index contributed by atoms with van der Waals surface area (Å²) < 4.78 is 5.39. The van der Waals surface area contributed by atoms with Crippen molar-refractivity contribution in [3.05, 3.63) is 71.1 Å². The average molecular weight is 377 g/mol. The van der Waals surface area contributed by atoms with Crippen LogP contribution in [0.15, 0.2) is 52.9 Å². The Balaban J connectivity index is 1.33. The molecule has 0 spiro atoms. The molecule has 0 saturated carbocycles. The first kappa shape index (κ1) is 18.5. The largest absolute Gasteiger partial charge is 0.421 e. The van der Waals surface area contributed by atoms with Gasteiger partial charge in [0.25, 0.3) is 0 Å². The topological polar surface area (TPSA) is 88.2 Å². The molecule has 4 rings (SSSR count). The summed E-state index contributed by atoms with van der Waals surface area (Å²) in [5, 5.41) is 21.7. The van der Waals surface area contributed by atoms with Gasteiger partial charge in [0.05, 0.1) is 6.10 Å². The minimum Gasteiger partial charge on any atom is -0.421 e. The van der Waals surface area contributed by atoms with Crippen molar-refractivity contribution >= 4 is 5.78 Å². The number of carbonyl (C=O) groups excluding carboxylic acids is 1. The van der Waals surface area contributed by atoms with Gasteiger partial charge in [-0.3, -0.25) is 4.79 Å². The fourth-order valence-electron chi connectivity index (χ4n) is 3.59. The number of aliphatic hydroxyl groups excluding tert-OH is 1. The van der Waals surface area contributed by atoms with Gasteiger partial charge in [-0.05, 0) is 36.1 Å². The van der Waals surface area contributed by atoms with Gasteiger partial charge in [-0.25, -0.2) is 0 Å². The molecule has 0 bridgehead atoms. The van der Waals surface area contributed by atoms with Crippen LogP contribution in [0.3, 0.4) is 0 Å². The lowest BCUT2D eigenvalue weighted by Gasteiger charge is -2.29. The van der Waals surface area contributed by atoms with Crippen molar-refractivity contribution < 1.29 is 14.3 Å². The standard InChI is InChI=1S/C22H23N3O3/c1-14-24-25-22(28-14)16-8-6-15(7-9-16)20(26)10-11-21(27)19-12-17-4-2-3-5-18(17)13-23-19/h2-9,19,21,23,27H,10-13H2,1H3/t19-,21+/m0/s1. The number of Topliss-reactive ketones (excluding diaryl/α,β-unsaturated/α-hetero) is 1. The molecule has 0 fully saturated rings. The highest BCUT2D eigenvalue weighted by atomic mass is 16.4. The number of aromatic nitrogens is 2. The summed E-state index contributed by atoms with van der Waals surface area (Å²) in [4.78, 5) is 12.5. The Bertz CT molecular complexity index is 965. The minimum absolute atomic E-state index is 0.0171. The zero-order valence-electron chi connectivity index (χ0n) is 15.8. The third-order valence-electron chi connectivity index (χ3n) is 5.22. The molecule has 1 aliphatic heterocycles. The monoisotopic (exact) mass is 377 g/mol. The number of nitrogens with zero attached hydrogens (tertiary/aromatic N) is 2. The number of hydrogen-bond acceptors (Lipinski definition) is 6. The summed E-state index contributed by atoms with van der Waals surface area (Å²) in [5.74, 6) is 0.960. The van der Waals surface area contributed by atoms with Gasteiger partial charge >= 0.3 is 0 Å². The van der Waals surface area contributed by atoms with Crippen molar-refractivity contribution in [3.63, 3.8) is 0 Å². The second-order valence-electron chi connectivity index (χ2n) is 7.19. The molecule has 2 heterocycles. The molecule has 1 aliphatic rings. The summed E-state index contributed by atoms with van der Waals surface area (Å²) in [6.07, 6.45) is 0.963. The van der Waals surface area contributed by atoms with Gasteiger partial charge in [0.2, 0.25) is 11.8 Å². The third kappa shape index (κ3) is 4.03. The molecule has 0 unspecified atom stereocenters. The zero-order chi connectivity index (χ0) is 19.5. The normalized spacial score (nSPS) is 17.1. The van der Waals surface area contributed by atoms with Crippen LogP contribution < -0.4 is 5.32 Å². The molecule has 144 valence electrons. The Labute approximate surface area is 163 Å². The van der Waals surface area contributed by atoms with Crippen LogP contribution in [0.4, 0.5) is 0 Å². The van der Waals surface area contributed by atoms with E-state index in [4.69, 9.17) is 4.42 Å². The lowest BCUT2D eigenvalue weighted by molar-refractivity contribution is 0.0877. The first-order chi connectivity index (χ1) is 13.6. The van der Waals surface area contributed by atoms with E-state index in [1.165, 1.54) is 11.1 Å². The van der Waals surface area contributed by atoms with Crippen LogP contribution in [-0.4, -0.2) is 33.2 Å². The minimum atomic E-state index is -0.557. The van der Waals surface area contributed by atoms with Crippen LogP contribution in [0.5, 0.6) is 0 Å². The molecule has 2 aromatic carbocycles. The molecular weight excluding hydrogens is 354 g/mol. The van der Waals surface area contributed by atoms with Gasteiger partial charge in [0.15, 0.2) is 5.78 Å². The number of carbonyl (C=O) groups is 1. The Morgan fingerprint density at radius 2 is 1.93 bits per heavy atom. The lowest BCUT2D eigenvalue weighted by atomic mass is 9.90. The highest BCUT2D eigenvalue weighted by Gasteiger charge is 2.24. The van der Waals surface area contributed by atoms with E-state index in [1.807, 2.05) is 12.1 Å². The number of rotatable bonds is 6. The SMILES string of the molecule is Cc1nnc(-c2ccc(C(=O)CC[C@@H](O)[C@@H]3Cc4ccccc4CN3)cc2)o1. The van der Waals surface area contributed by atoms with Crippen molar-refractivity contribution in [3.8, 4) is 11.5 Å². The second-order valence-corrected chi connectivity index (χ2v) is 7.19. The van der Waals surface area contributed by atoms with E-state index >= 15 is 0 Å². The van der Waals surface area contributed by atoms with E-state index < -0.39 is 6.10 Å². The van der Waals surface area contributed by atoms with Crippen molar-refractivity contribution in [2.75, 3.05) is 0 Å². The van der Waals surface area contributed by atoms with E-state index in [9.17, 15) is 9.90 Å². The molecule has 0 amide bonds. The molecule has 6 heteroatoms. The molecular formula is C22H23N3O3. The maximum atomic E-state index is 12.5. The number of ketones is 1. The quantitative estimate of drug-likeness (QED) is 0.642. The first-order valence-corrected chi connectivity index (χ1v) is 9.52. The fraction of sp³-hybridized carbons (Fsp3) is 0.318. The smallest absolute Gasteiger partial charge is 0.247 e. The van der Waals surface area contributed by atoms with Gasteiger partial charge in [-0.15, -0.1) is 10.2 Å². The van der Waals surface area contributed by atoms with Gasteiger partial charge in [0.1, 0.15) is 0 Å². The van der Waals surface area contributed by atoms with E-state index in [0.29, 0.717) is 30.2 Å². The summed E-state index contributed by atoms with van der Waals surface area (Å²) in [6.45, 7) is 2.49. The van der Waals surface area contributed by atoms with Crippen LogP contribution in [0, 0.1) is 6.92 Å². The summed E-state index contributed by atoms with van der Waals surface area (Å²) >= 11 is 0. The van der Waals surface area contributed by atoms with Gasteiger partial charge in [-0.1, -0.05) is 36.4 Å². The number of hydrogen-bond donors (Lipinski definition) is 2. The van der Waals surface area contributed by atoms with E-state index in [1.54, 1.807) is 31.2 Å². The zero-order valence-corrected chi connectivity index (χ0v) is 15.8. The maximum Gasteiger partial charge on any atom is 0.247 e.